The van der Waals surface area contributed by atoms with Gasteiger partial charge in [0.1, 0.15) is 5.69 Å². The molecule has 0 aliphatic rings. The molecule has 25 heavy (non-hydrogen) atoms. The van der Waals surface area contributed by atoms with E-state index in [9.17, 15) is 9.59 Å². The molecule has 2 aromatic heterocycles. The van der Waals surface area contributed by atoms with Crippen LogP contribution in [0, 0.1) is 0 Å². The SMILES string of the molecule is O=C(CNC(=O)c1cc2ccccc2[nH]1)Nc1nc2ccccc2s1. The first-order chi connectivity index (χ1) is 12.2. The van der Waals surface area contributed by atoms with Crippen molar-refractivity contribution in [3.05, 3.63) is 60.3 Å². The molecule has 3 N–H and O–H groups in total. The maximum atomic E-state index is 12.2. The molecule has 0 spiro atoms. The highest BCUT2D eigenvalue weighted by molar-refractivity contribution is 7.22. The van der Waals surface area contributed by atoms with Crippen molar-refractivity contribution in [3.8, 4) is 0 Å². The lowest BCUT2D eigenvalue weighted by atomic mass is 10.2. The number of carbonyl (C=O) groups excluding carboxylic acids is 2. The summed E-state index contributed by atoms with van der Waals surface area (Å²) in [5.74, 6) is -0.640. The molecule has 0 fully saturated rings. The Labute approximate surface area is 146 Å². The summed E-state index contributed by atoms with van der Waals surface area (Å²) in [6.07, 6.45) is 0. The zero-order valence-electron chi connectivity index (χ0n) is 13.1. The van der Waals surface area contributed by atoms with Crippen molar-refractivity contribution in [2.24, 2.45) is 0 Å². The van der Waals surface area contributed by atoms with Crippen molar-refractivity contribution in [1.82, 2.24) is 15.3 Å². The van der Waals surface area contributed by atoms with Gasteiger partial charge in [-0.25, -0.2) is 4.98 Å². The van der Waals surface area contributed by atoms with Gasteiger partial charge in [0.15, 0.2) is 5.13 Å². The van der Waals surface area contributed by atoms with Gasteiger partial charge in [-0.15, -0.1) is 0 Å². The highest BCUT2D eigenvalue weighted by Crippen LogP contribution is 2.25. The monoisotopic (exact) mass is 350 g/mol. The molecule has 0 saturated heterocycles. The van der Waals surface area contributed by atoms with Crippen molar-refractivity contribution in [3.63, 3.8) is 0 Å². The Morgan fingerprint density at radius 3 is 2.72 bits per heavy atom. The van der Waals surface area contributed by atoms with E-state index in [1.807, 2.05) is 48.5 Å². The lowest BCUT2D eigenvalue weighted by molar-refractivity contribution is -0.115. The van der Waals surface area contributed by atoms with Gasteiger partial charge in [0.25, 0.3) is 5.91 Å². The number of para-hydroxylation sites is 2. The number of amides is 2. The summed E-state index contributed by atoms with van der Waals surface area (Å²) in [4.78, 5) is 31.6. The average Bonchev–Trinajstić information content (AvgIpc) is 3.22. The maximum Gasteiger partial charge on any atom is 0.268 e. The van der Waals surface area contributed by atoms with Gasteiger partial charge in [-0.2, -0.15) is 0 Å². The fourth-order valence-electron chi connectivity index (χ4n) is 2.54. The summed E-state index contributed by atoms with van der Waals surface area (Å²) in [5.41, 5.74) is 2.14. The number of carbonyl (C=O) groups is 2. The van der Waals surface area contributed by atoms with Crippen LogP contribution in [-0.4, -0.2) is 28.3 Å². The van der Waals surface area contributed by atoms with Gasteiger partial charge in [-0.05, 0) is 24.3 Å². The van der Waals surface area contributed by atoms with Crippen LogP contribution >= 0.6 is 11.3 Å². The molecule has 7 heteroatoms. The number of nitrogens with one attached hydrogen (secondary N) is 3. The number of anilines is 1. The molecule has 0 saturated carbocycles. The first kappa shape index (κ1) is 15.3. The van der Waals surface area contributed by atoms with Gasteiger partial charge in [-0.3, -0.25) is 9.59 Å². The van der Waals surface area contributed by atoms with Crippen molar-refractivity contribution < 1.29 is 9.59 Å². The first-order valence-corrected chi connectivity index (χ1v) is 8.52. The van der Waals surface area contributed by atoms with Gasteiger partial charge < -0.3 is 15.6 Å². The summed E-state index contributed by atoms with van der Waals surface area (Å²) >= 11 is 1.40. The fourth-order valence-corrected chi connectivity index (χ4v) is 3.42. The van der Waals surface area contributed by atoms with Crippen molar-refractivity contribution in [2.75, 3.05) is 11.9 Å². The molecule has 0 aliphatic carbocycles. The number of hydrogen-bond donors (Lipinski definition) is 3. The molecule has 2 heterocycles. The summed E-state index contributed by atoms with van der Waals surface area (Å²) in [7, 11) is 0. The van der Waals surface area contributed by atoms with Gasteiger partial charge in [0, 0.05) is 10.9 Å². The van der Waals surface area contributed by atoms with E-state index in [1.54, 1.807) is 6.07 Å². The quantitative estimate of drug-likeness (QED) is 0.528. The Bertz CT molecular complexity index is 1020. The largest absolute Gasteiger partial charge is 0.351 e. The van der Waals surface area contributed by atoms with Crippen LogP contribution in [0.5, 0.6) is 0 Å². The van der Waals surface area contributed by atoms with E-state index in [4.69, 9.17) is 0 Å². The fraction of sp³-hybridized carbons (Fsp3) is 0.0556. The maximum absolute atomic E-state index is 12.2. The molecular weight excluding hydrogens is 336 g/mol. The van der Waals surface area contributed by atoms with Gasteiger partial charge >= 0.3 is 0 Å². The number of nitrogens with zero attached hydrogens (tertiary/aromatic N) is 1. The van der Waals surface area contributed by atoms with Crippen LogP contribution < -0.4 is 10.6 Å². The van der Waals surface area contributed by atoms with Crippen molar-refractivity contribution in [1.29, 1.82) is 0 Å². The number of rotatable bonds is 4. The third-order valence-electron chi connectivity index (χ3n) is 3.72. The predicted molar refractivity (Wildman–Crippen MR) is 98.9 cm³/mol. The lowest BCUT2D eigenvalue weighted by Crippen LogP contribution is -2.33. The topological polar surface area (TPSA) is 86.9 Å². The zero-order chi connectivity index (χ0) is 17.2. The molecule has 124 valence electrons. The molecule has 0 unspecified atom stereocenters. The second-order valence-corrected chi connectivity index (χ2v) is 6.52. The minimum atomic E-state index is -0.323. The number of hydrogen-bond acceptors (Lipinski definition) is 4. The summed E-state index contributed by atoms with van der Waals surface area (Å²) < 4.78 is 1.000. The van der Waals surface area contributed by atoms with Gasteiger partial charge in [0.05, 0.1) is 16.8 Å². The van der Waals surface area contributed by atoms with Crippen molar-refractivity contribution in [2.45, 2.75) is 0 Å². The van der Waals surface area contributed by atoms with E-state index in [1.165, 1.54) is 11.3 Å². The minimum absolute atomic E-state index is 0.121. The number of H-pyrrole nitrogens is 1. The third kappa shape index (κ3) is 3.22. The Balaban J connectivity index is 1.38. The Morgan fingerprint density at radius 1 is 1.08 bits per heavy atom. The smallest absolute Gasteiger partial charge is 0.268 e. The van der Waals surface area contributed by atoms with Crippen LogP contribution in [0.15, 0.2) is 54.6 Å². The van der Waals surface area contributed by atoms with Crippen molar-refractivity contribution >= 4 is 49.4 Å². The van der Waals surface area contributed by atoms with Crippen LogP contribution in [0.1, 0.15) is 10.5 Å². The van der Waals surface area contributed by atoms with E-state index >= 15 is 0 Å². The number of benzene rings is 2. The number of thiazole rings is 1. The van der Waals surface area contributed by atoms with E-state index in [0.29, 0.717) is 10.8 Å². The molecule has 4 aromatic rings. The van der Waals surface area contributed by atoms with E-state index in [2.05, 4.69) is 20.6 Å². The second kappa shape index (κ2) is 6.37. The Morgan fingerprint density at radius 2 is 1.88 bits per heavy atom. The molecule has 6 nitrogen and oxygen atoms in total. The van der Waals surface area contributed by atoms with Crippen LogP contribution in [0.3, 0.4) is 0 Å². The van der Waals surface area contributed by atoms with Crippen LogP contribution in [0.2, 0.25) is 0 Å². The third-order valence-corrected chi connectivity index (χ3v) is 4.68. The molecular formula is C18H14N4O2S. The summed E-state index contributed by atoms with van der Waals surface area (Å²) in [5, 5.41) is 6.79. The Kier molecular flexibility index (Phi) is 3.91. The minimum Gasteiger partial charge on any atom is -0.351 e. The van der Waals surface area contributed by atoms with E-state index in [-0.39, 0.29) is 18.4 Å². The molecule has 2 aromatic carbocycles. The molecule has 2 amide bonds. The molecule has 0 radical (unpaired) electrons. The second-order valence-electron chi connectivity index (χ2n) is 5.49. The van der Waals surface area contributed by atoms with Crippen LogP contribution in [0.25, 0.3) is 21.1 Å². The summed E-state index contributed by atoms with van der Waals surface area (Å²) in [6, 6.07) is 17.0. The number of aromatic amines is 1. The standard InChI is InChI=1S/C18H14N4O2S/c23-16(22-18-21-13-7-3-4-8-15(13)25-18)10-19-17(24)14-9-11-5-1-2-6-12(11)20-14/h1-9,20H,10H2,(H,19,24)(H,21,22,23). The zero-order valence-corrected chi connectivity index (χ0v) is 13.9. The predicted octanol–water partition coefficient (Wildman–Crippen LogP) is 3.15. The Hall–Kier alpha value is -3.19. The first-order valence-electron chi connectivity index (χ1n) is 7.70. The normalized spacial score (nSPS) is 10.9. The highest BCUT2D eigenvalue weighted by atomic mass is 32.1. The highest BCUT2D eigenvalue weighted by Gasteiger charge is 2.12. The summed E-state index contributed by atoms with van der Waals surface area (Å²) in [6.45, 7) is -0.121. The number of aromatic nitrogens is 2. The molecule has 4 rings (SSSR count). The van der Waals surface area contributed by atoms with Gasteiger partial charge in [0.2, 0.25) is 5.91 Å². The molecule has 0 bridgehead atoms. The van der Waals surface area contributed by atoms with E-state index in [0.717, 1.165) is 21.1 Å². The average molecular weight is 350 g/mol. The van der Waals surface area contributed by atoms with Gasteiger partial charge in [-0.1, -0.05) is 41.7 Å². The van der Waals surface area contributed by atoms with Crippen LogP contribution in [-0.2, 0) is 4.79 Å². The molecule has 0 aliphatic heterocycles. The van der Waals surface area contributed by atoms with E-state index < -0.39 is 0 Å². The number of fused-ring (bicyclic) bond motifs is 2. The lowest BCUT2D eigenvalue weighted by Gasteiger charge is -2.03. The molecule has 0 atom stereocenters. The van der Waals surface area contributed by atoms with Crippen LogP contribution in [0.4, 0.5) is 5.13 Å².